The number of halogens is 4. The van der Waals surface area contributed by atoms with Gasteiger partial charge in [-0.05, 0) is 18.2 Å². The predicted octanol–water partition coefficient (Wildman–Crippen LogP) is 3.58. The number of benzene rings is 1. The summed E-state index contributed by atoms with van der Waals surface area (Å²) in [6.07, 6.45) is -1.78. The number of hydrogen-bond acceptors (Lipinski definition) is 4. The smallest absolute Gasteiger partial charge is 0.382 e. The number of nitrogens with one attached hydrogen (secondary N) is 1. The van der Waals surface area contributed by atoms with Crippen molar-refractivity contribution in [2.24, 2.45) is 0 Å². The van der Waals surface area contributed by atoms with Crippen LogP contribution in [-0.4, -0.2) is 9.97 Å². The van der Waals surface area contributed by atoms with Crippen molar-refractivity contribution < 1.29 is 13.2 Å². The number of rotatable bonds is 2. The molecular formula is C11H8BrF3N4. The lowest BCUT2D eigenvalue weighted by Gasteiger charge is -2.12. The third-order valence-corrected chi connectivity index (χ3v) is 2.91. The van der Waals surface area contributed by atoms with Crippen molar-refractivity contribution in [2.75, 3.05) is 11.1 Å². The van der Waals surface area contributed by atoms with Crippen LogP contribution in [-0.2, 0) is 6.18 Å². The molecule has 1 heterocycles. The van der Waals surface area contributed by atoms with E-state index < -0.39 is 11.7 Å². The fourth-order valence-corrected chi connectivity index (χ4v) is 1.84. The lowest BCUT2D eigenvalue weighted by Crippen LogP contribution is -2.07. The summed E-state index contributed by atoms with van der Waals surface area (Å²) >= 11 is 2.87. The lowest BCUT2D eigenvalue weighted by molar-refractivity contribution is -0.138. The molecule has 0 atom stereocenters. The molecule has 0 unspecified atom stereocenters. The van der Waals surface area contributed by atoms with Gasteiger partial charge in [0.2, 0.25) is 0 Å². The van der Waals surface area contributed by atoms with Crippen LogP contribution in [0, 0.1) is 0 Å². The predicted molar refractivity (Wildman–Crippen MR) is 68.9 cm³/mol. The van der Waals surface area contributed by atoms with Gasteiger partial charge in [0.05, 0.1) is 18.0 Å². The number of hydrogen-bond donors (Lipinski definition) is 2. The minimum absolute atomic E-state index is 0.0195. The molecule has 4 nitrogen and oxygen atoms in total. The van der Waals surface area contributed by atoms with E-state index in [2.05, 4.69) is 31.2 Å². The van der Waals surface area contributed by atoms with Crippen LogP contribution in [0.15, 0.2) is 35.1 Å². The van der Waals surface area contributed by atoms with Gasteiger partial charge in [0.25, 0.3) is 0 Å². The molecule has 0 saturated carbocycles. The van der Waals surface area contributed by atoms with E-state index in [0.29, 0.717) is 5.82 Å². The van der Waals surface area contributed by atoms with Crippen molar-refractivity contribution in [2.45, 2.75) is 6.18 Å². The van der Waals surface area contributed by atoms with E-state index in [0.717, 1.165) is 6.07 Å². The quantitative estimate of drug-likeness (QED) is 0.882. The molecule has 0 saturated heterocycles. The third-order valence-electron chi connectivity index (χ3n) is 2.22. The Labute approximate surface area is 115 Å². The van der Waals surface area contributed by atoms with Crippen molar-refractivity contribution in [1.29, 1.82) is 0 Å². The maximum atomic E-state index is 12.7. The highest BCUT2D eigenvalue weighted by atomic mass is 79.9. The van der Waals surface area contributed by atoms with Crippen LogP contribution in [0.25, 0.3) is 0 Å². The molecule has 1 aromatic carbocycles. The first-order valence-corrected chi connectivity index (χ1v) is 5.87. The van der Waals surface area contributed by atoms with Crippen molar-refractivity contribution in [3.63, 3.8) is 0 Å². The normalized spacial score (nSPS) is 11.4. The molecular weight excluding hydrogens is 325 g/mol. The molecule has 8 heteroatoms. The van der Waals surface area contributed by atoms with E-state index in [4.69, 9.17) is 5.73 Å². The van der Waals surface area contributed by atoms with Crippen molar-refractivity contribution in [1.82, 2.24) is 9.97 Å². The van der Waals surface area contributed by atoms with Gasteiger partial charge < -0.3 is 11.1 Å². The molecule has 19 heavy (non-hydrogen) atoms. The zero-order valence-corrected chi connectivity index (χ0v) is 11.0. The summed E-state index contributed by atoms with van der Waals surface area (Å²) in [5.41, 5.74) is 4.86. The van der Waals surface area contributed by atoms with E-state index in [1.165, 1.54) is 24.5 Å². The van der Waals surface area contributed by atoms with Crippen molar-refractivity contribution in [3.05, 3.63) is 40.6 Å². The Balaban J connectivity index is 2.29. The molecule has 0 fully saturated rings. The molecule has 3 N–H and O–H groups in total. The summed E-state index contributed by atoms with van der Waals surface area (Å²) in [6.45, 7) is 0. The van der Waals surface area contributed by atoms with Crippen LogP contribution in [0.1, 0.15) is 5.56 Å². The maximum Gasteiger partial charge on any atom is 0.417 e. The van der Waals surface area contributed by atoms with Gasteiger partial charge in [0.1, 0.15) is 11.6 Å². The fraction of sp³-hybridized carbons (Fsp3) is 0.0909. The van der Waals surface area contributed by atoms with Gasteiger partial charge in [-0.1, -0.05) is 15.9 Å². The van der Waals surface area contributed by atoms with Crippen molar-refractivity contribution >= 4 is 33.3 Å². The topological polar surface area (TPSA) is 63.8 Å². The van der Waals surface area contributed by atoms with Crippen LogP contribution in [0.5, 0.6) is 0 Å². The second kappa shape index (κ2) is 5.04. The number of nitrogens with two attached hydrogens (primary N) is 1. The highest BCUT2D eigenvalue weighted by Gasteiger charge is 2.33. The van der Waals surface area contributed by atoms with E-state index in [-0.39, 0.29) is 16.0 Å². The molecule has 0 aliphatic rings. The van der Waals surface area contributed by atoms with E-state index >= 15 is 0 Å². The average molecular weight is 333 g/mol. The van der Waals surface area contributed by atoms with Gasteiger partial charge in [-0.25, -0.2) is 9.97 Å². The molecule has 0 amide bonds. The van der Waals surface area contributed by atoms with Crippen LogP contribution in [0.3, 0.4) is 0 Å². The standard InChI is InChI=1S/C11H8BrF3N4/c12-8-2-1-6(3-7(8)11(13,14)15)19-10-5-17-9(16)4-18-10/h1-5H,(H2,16,17)(H,18,19). The Hall–Kier alpha value is -1.83. The third kappa shape index (κ3) is 3.34. The molecule has 100 valence electrons. The SMILES string of the molecule is Nc1cnc(Nc2ccc(Br)c(C(F)(F)F)c2)cn1. The van der Waals surface area contributed by atoms with Crippen LogP contribution >= 0.6 is 15.9 Å². The van der Waals surface area contributed by atoms with E-state index in [9.17, 15) is 13.2 Å². The van der Waals surface area contributed by atoms with Gasteiger partial charge in [0, 0.05) is 10.2 Å². The first-order valence-electron chi connectivity index (χ1n) is 5.07. The second-order valence-electron chi connectivity index (χ2n) is 3.64. The molecule has 0 radical (unpaired) electrons. The monoisotopic (exact) mass is 332 g/mol. The Morgan fingerprint density at radius 1 is 1.16 bits per heavy atom. The second-order valence-corrected chi connectivity index (χ2v) is 4.50. The summed E-state index contributed by atoms with van der Waals surface area (Å²) in [4.78, 5) is 7.68. The summed E-state index contributed by atoms with van der Waals surface area (Å²) in [6, 6.07) is 3.80. The Morgan fingerprint density at radius 3 is 2.47 bits per heavy atom. The van der Waals surface area contributed by atoms with Gasteiger partial charge in [-0.15, -0.1) is 0 Å². The first-order chi connectivity index (χ1) is 8.86. The molecule has 2 rings (SSSR count). The molecule has 0 bridgehead atoms. The average Bonchev–Trinajstić information content (AvgIpc) is 2.33. The molecule has 1 aromatic heterocycles. The molecule has 2 aromatic rings. The Morgan fingerprint density at radius 2 is 1.89 bits per heavy atom. The van der Waals surface area contributed by atoms with Gasteiger partial charge in [0.15, 0.2) is 0 Å². The van der Waals surface area contributed by atoms with E-state index in [1.807, 2.05) is 0 Å². The van der Waals surface area contributed by atoms with Gasteiger partial charge >= 0.3 is 6.18 Å². The highest BCUT2D eigenvalue weighted by molar-refractivity contribution is 9.10. The summed E-state index contributed by atoms with van der Waals surface area (Å²) in [5.74, 6) is 0.544. The summed E-state index contributed by atoms with van der Waals surface area (Å²) in [7, 11) is 0. The number of nitrogen functional groups attached to an aromatic ring is 1. The minimum Gasteiger partial charge on any atom is -0.382 e. The zero-order chi connectivity index (χ0) is 14.0. The van der Waals surface area contributed by atoms with Gasteiger partial charge in [-0.2, -0.15) is 13.2 Å². The molecule has 0 spiro atoms. The first kappa shape index (κ1) is 13.6. The number of nitrogens with zero attached hydrogens (tertiary/aromatic N) is 2. The number of anilines is 3. The minimum atomic E-state index is -4.43. The molecule has 0 aliphatic heterocycles. The van der Waals surface area contributed by atoms with Crippen LogP contribution < -0.4 is 11.1 Å². The maximum absolute atomic E-state index is 12.7. The lowest BCUT2D eigenvalue weighted by atomic mass is 10.2. The zero-order valence-electron chi connectivity index (χ0n) is 9.37. The Bertz CT molecular complexity index is 583. The van der Waals surface area contributed by atoms with Crippen molar-refractivity contribution in [3.8, 4) is 0 Å². The van der Waals surface area contributed by atoms with Gasteiger partial charge in [-0.3, -0.25) is 0 Å². The molecule has 0 aliphatic carbocycles. The van der Waals surface area contributed by atoms with Crippen LogP contribution in [0.2, 0.25) is 0 Å². The Kier molecular flexibility index (Phi) is 3.61. The van der Waals surface area contributed by atoms with E-state index in [1.54, 1.807) is 0 Å². The largest absolute Gasteiger partial charge is 0.417 e. The summed E-state index contributed by atoms with van der Waals surface area (Å²) < 4.78 is 38.1. The van der Waals surface area contributed by atoms with Crippen LogP contribution in [0.4, 0.5) is 30.5 Å². The highest BCUT2D eigenvalue weighted by Crippen LogP contribution is 2.36. The summed E-state index contributed by atoms with van der Waals surface area (Å²) in [5, 5.41) is 2.72. The number of aromatic nitrogens is 2. The fourth-order valence-electron chi connectivity index (χ4n) is 1.37. The number of alkyl halides is 3.